The number of nitrogens with zero attached hydrogens (tertiary/aromatic N) is 3. The lowest BCUT2D eigenvalue weighted by Crippen LogP contribution is -2.50. The van der Waals surface area contributed by atoms with Gasteiger partial charge >= 0.3 is 0 Å². The molecule has 3 aliphatic rings. The van der Waals surface area contributed by atoms with Crippen LogP contribution < -0.4 is 0 Å². The number of likely N-dealkylation sites (tertiary alicyclic amines) is 2. The standard InChI is InChI=1S/C18H25N3O/c22-18-4-3-17(7-10-20(18)11-14-1-2-14)21-12-16(13-21)15-5-8-19-9-6-15/h5-6,8-9,14,16-17H,1-4,7,10-13H2. The molecule has 1 unspecified atom stereocenters. The van der Waals surface area contributed by atoms with Crippen LogP contribution in [-0.4, -0.2) is 52.9 Å². The number of carbonyl (C=O) groups is 1. The summed E-state index contributed by atoms with van der Waals surface area (Å²) in [6, 6.07) is 4.87. The Balaban J connectivity index is 1.30. The first-order valence-corrected chi connectivity index (χ1v) is 8.71. The molecular weight excluding hydrogens is 274 g/mol. The van der Waals surface area contributed by atoms with E-state index in [0.29, 0.717) is 17.9 Å². The first kappa shape index (κ1) is 14.2. The SMILES string of the molecule is O=C1CCC(N2CC(c3ccncc3)C2)CCN1CC1CC1. The predicted molar refractivity (Wildman–Crippen MR) is 85.5 cm³/mol. The normalized spacial score (nSPS) is 27.5. The van der Waals surface area contributed by atoms with Crippen molar-refractivity contribution in [2.24, 2.45) is 5.92 Å². The predicted octanol–water partition coefficient (Wildman–Crippen LogP) is 2.27. The highest BCUT2D eigenvalue weighted by Crippen LogP contribution is 2.33. The number of hydrogen-bond donors (Lipinski definition) is 0. The Morgan fingerprint density at radius 2 is 1.86 bits per heavy atom. The Labute approximate surface area is 132 Å². The van der Waals surface area contributed by atoms with Crippen LogP contribution in [0, 0.1) is 5.92 Å². The van der Waals surface area contributed by atoms with E-state index in [9.17, 15) is 4.79 Å². The van der Waals surface area contributed by atoms with E-state index in [1.54, 1.807) is 0 Å². The fourth-order valence-electron chi connectivity index (χ4n) is 3.85. The third kappa shape index (κ3) is 3.02. The summed E-state index contributed by atoms with van der Waals surface area (Å²) in [5, 5.41) is 0. The lowest BCUT2D eigenvalue weighted by molar-refractivity contribution is -0.130. The zero-order chi connectivity index (χ0) is 14.9. The molecule has 0 N–H and O–H groups in total. The van der Waals surface area contributed by atoms with Crippen LogP contribution in [-0.2, 0) is 4.79 Å². The Bertz CT molecular complexity index is 522. The number of amides is 1. The largest absolute Gasteiger partial charge is 0.342 e. The molecule has 1 saturated carbocycles. The van der Waals surface area contributed by atoms with Gasteiger partial charge < -0.3 is 4.90 Å². The van der Waals surface area contributed by atoms with E-state index in [-0.39, 0.29) is 0 Å². The maximum absolute atomic E-state index is 12.2. The second-order valence-electron chi connectivity index (χ2n) is 7.20. The van der Waals surface area contributed by atoms with Gasteiger partial charge in [-0.05, 0) is 49.3 Å². The number of pyridine rings is 1. The summed E-state index contributed by atoms with van der Waals surface area (Å²) in [5.41, 5.74) is 1.41. The number of hydrogen-bond acceptors (Lipinski definition) is 3. The Hall–Kier alpha value is -1.42. The van der Waals surface area contributed by atoms with E-state index in [2.05, 4.69) is 26.9 Å². The summed E-state index contributed by atoms with van der Waals surface area (Å²) in [7, 11) is 0. The van der Waals surface area contributed by atoms with Gasteiger partial charge in [0.25, 0.3) is 0 Å². The highest BCUT2D eigenvalue weighted by molar-refractivity contribution is 5.76. The van der Waals surface area contributed by atoms with Crippen molar-refractivity contribution in [2.75, 3.05) is 26.2 Å². The zero-order valence-electron chi connectivity index (χ0n) is 13.2. The van der Waals surface area contributed by atoms with Crippen LogP contribution in [0.3, 0.4) is 0 Å². The third-order valence-corrected chi connectivity index (χ3v) is 5.56. The van der Waals surface area contributed by atoms with Crippen LogP contribution in [0.25, 0.3) is 0 Å². The van der Waals surface area contributed by atoms with Crippen LogP contribution in [0.2, 0.25) is 0 Å². The van der Waals surface area contributed by atoms with E-state index in [1.165, 1.54) is 18.4 Å². The molecule has 1 aromatic heterocycles. The molecule has 118 valence electrons. The fraction of sp³-hybridized carbons (Fsp3) is 0.667. The summed E-state index contributed by atoms with van der Waals surface area (Å²) in [4.78, 5) is 21.1. The second-order valence-corrected chi connectivity index (χ2v) is 7.20. The molecule has 4 nitrogen and oxygen atoms in total. The van der Waals surface area contributed by atoms with E-state index in [0.717, 1.165) is 51.4 Å². The molecule has 0 radical (unpaired) electrons. The molecule has 3 fully saturated rings. The third-order valence-electron chi connectivity index (χ3n) is 5.56. The van der Waals surface area contributed by atoms with Gasteiger partial charge in [-0.1, -0.05) is 0 Å². The van der Waals surface area contributed by atoms with Gasteiger partial charge in [0.2, 0.25) is 5.91 Å². The van der Waals surface area contributed by atoms with E-state index in [4.69, 9.17) is 0 Å². The van der Waals surface area contributed by atoms with Crippen LogP contribution in [0.4, 0.5) is 0 Å². The lowest BCUT2D eigenvalue weighted by Gasteiger charge is -2.44. The van der Waals surface area contributed by atoms with Crippen molar-refractivity contribution >= 4 is 5.91 Å². The lowest BCUT2D eigenvalue weighted by atomic mass is 9.89. The molecule has 2 saturated heterocycles. The zero-order valence-corrected chi connectivity index (χ0v) is 13.2. The molecule has 22 heavy (non-hydrogen) atoms. The van der Waals surface area contributed by atoms with Crippen molar-refractivity contribution in [3.05, 3.63) is 30.1 Å². The van der Waals surface area contributed by atoms with Gasteiger partial charge in [0.05, 0.1) is 0 Å². The van der Waals surface area contributed by atoms with Gasteiger partial charge in [-0.15, -0.1) is 0 Å². The first-order chi connectivity index (χ1) is 10.8. The summed E-state index contributed by atoms with van der Waals surface area (Å²) < 4.78 is 0. The second kappa shape index (κ2) is 5.99. The molecule has 1 aromatic rings. The van der Waals surface area contributed by atoms with Crippen molar-refractivity contribution in [3.8, 4) is 0 Å². The minimum absolute atomic E-state index is 0.389. The van der Waals surface area contributed by atoms with Crippen LogP contribution in [0.5, 0.6) is 0 Å². The highest BCUT2D eigenvalue weighted by Gasteiger charge is 2.36. The molecule has 4 rings (SSSR count). The van der Waals surface area contributed by atoms with Gasteiger partial charge in [-0.25, -0.2) is 0 Å². The van der Waals surface area contributed by atoms with Gasteiger partial charge in [-0.2, -0.15) is 0 Å². The van der Waals surface area contributed by atoms with Crippen molar-refractivity contribution in [1.82, 2.24) is 14.8 Å². The maximum Gasteiger partial charge on any atom is 0.222 e. The van der Waals surface area contributed by atoms with Crippen molar-refractivity contribution in [3.63, 3.8) is 0 Å². The van der Waals surface area contributed by atoms with Gasteiger partial charge in [0, 0.05) is 57.0 Å². The summed E-state index contributed by atoms with van der Waals surface area (Å²) in [5.74, 6) is 1.85. The van der Waals surface area contributed by atoms with E-state index >= 15 is 0 Å². The average molecular weight is 299 g/mol. The average Bonchev–Trinajstić information content (AvgIpc) is 3.31. The summed E-state index contributed by atoms with van der Waals surface area (Å²) in [6.45, 7) is 4.28. The quantitative estimate of drug-likeness (QED) is 0.856. The van der Waals surface area contributed by atoms with E-state index in [1.807, 2.05) is 12.4 Å². The number of rotatable bonds is 4. The molecule has 1 atom stereocenters. The molecule has 4 heteroatoms. The maximum atomic E-state index is 12.2. The monoisotopic (exact) mass is 299 g/mol. The molecule has 0 bridgehead atoms. The smallest absolute Gasteiger partial charge is 0.222 e. The van der Waals surface area contributed by atoms with Crippen LogP contribution in [0.1, 0.15) is 43.6 Å². The Kier molecular flexibility index (Phi) is 3.87. The number of aromatic nitrogens is 1. The molecule has 0 aromatic carbocycles. The number of carbonyl (C=O) groups excluding carboxylic acids is 1. The van der Waals surface area contributed by atoms with Gasteiger partial charge in [0.15, 0.2) is 0 Å². The van der Waals surface area contributed by atoms with Crippen LogP contribution in [0.15, 0.2) is 24.5 Å². The summed E-state index contributed by atoms with van der Waals surface area (Å²) in [6.07, 6.45) is 9.37. The summed E-state index contributed by atoms with van der Waals surface area (Å²) >= 11 is 0. The van der Waals surface area contributed by atoms with Crippen molar-refractivity contribution in [1.29, 1.82) is 0 Å². The Morgan fingerprint density at radius 1 is 1.09 bits per heavy atom. The fourth-order valence-corrected chi connectivity index (χ4v) is 3.85. The minimum Gasteiger partial charge on any atom is -0.342 e. The molecule has 1 aliphatic carbocycles. The van der Waals surface area contributed by atoms with Gasteiger partial charge in [-0.3, -0.25) is 14.7 Å². The molecule has 0 spiro atoms. The molecule has 2 aliphatic heterocycles. The van der Waals surface area contributed by atoms with Crippen molar-refractivity contribution in [2.45, 2.75) is 44.1 Å². The van der Waals surface area contributed by atoms with E-state index < -0.39 is 0 Å². The molecule has 1 amide bonds. The molecule has 3 heterocycles. The van der Waals surface area contributed by atoms with Crippen LogP contribution >= 0.6 is 0 Å². The topological polar surface area (TPSA) is 36.4 Å². The first-order valence-electron chi connectivity index (χ1n) is 8.71. The van der Waals surface area contributed by atoms with Gasteiger partial charge in [0.1, 0.15) is 0 Å². The Morgan fingerprint density at radius 3 is 2.59 bits per heavy atom. The highest BCUT2D eigenvalue weighted by atomic mass is 16.2. The minimum atomic E-state index is 0.389. The molecular formula is C18H25N3O. The van der Waals surface area contributed by atoms with Crippen molar-refractivity contribution < 1.29 is 4.79 Å².